The van der Waals surface area contributed by atoms with Gasteiger partial charge >= 0.3 is 11.7 Å². The Morgan fingerprint density at radius 3 is 2.06 bits per heavy atom. The molecule has 1 amide bonds. The lowest BCUT2D eigenvalue weighted by molar-refractivity contribution is -0.135. The molecule has 2 saturated carbocycles. The quantitative estimate of drug-likeness (QED) is 0.388. The van der Waals surface area contributed by atoms with E-state index in [1.807, 2.05) is 0 Å². The first-order chi connectivity index (χ1) is 14.7. The Balaban J connectivity index is 2.07. The van der Waals surface area contributed by atoms with Crippen LogP contribution in [0.15, 0.2) is 9.59 Å². The minimum absolute atomic E-state index is 0.336. The highest BCUT2D eigenvalue weighted by molar-refractivity contribution is 5.97. The van der Waals surface area contributed by atoms with E-state index in [1.165, 1.54) is 0 Å². The van der Waals surface area contributed by atoms with Crippen LogP contribution in [0.5, 0.6) is 5.88 Å². The molecule has 1 aromatic heterocycles. The topological polar surface area (TPSA) is 171 Å². The zero-order valence-electron chi connectivity index (χ0n) is 17.2. The largest absolute Gasteiger partial charge is 0.494 e. The zero-order chi connectivity index (χ0) is 22.7. The van der Waals surface area contributed by atoms with Gasteiger partial charge in [0.1, 0.15) is 6.54 Å². The number of hydrogen-bond acceptors (Lipinski definition) is 7. The Bertz CT molecular complexity index is 937. The van der Waals surface area contributed by atoms with E-state index in [-0.39, 0.29) is 12.0 Å². The van der Waals surface area contributed by atoms with Crippen LogP contribution in [0.1, 0.15) is 80.2 Å². The summed E-state index contributed by atoms with van der Waals surface area (Å²) in [6, 6.07) is -0.925. The third-order valence-electron chi connectivity index (χ3n) is 6.39. The molecule has 5 N–H and O–H groups in total. The number of rotatable bonds is 6. The normalized spacial score (nSPS) is 22.4. The summed E-state index contributed by atoms with van der Waals surface area (Å²) in [5.74, 6) is -3.46. The number of nitrogens with one attached hydrogen (secondary N) is 1. The van der Waals surface area contributed by atoms with Gasteiger partial charge in [0.15, 0.2) is 11.9 Å². The van der Waals surface area contributed by atoms with Crippen LogP contribution in [0, 0.1) is 5.92 Å². The average molecular weight is 439 g/mol. The molecule has 0 bridgehead atoms. The number of aromatic hydroxyl groups is 1. The number of amides is 1. The Hall–Kier alpha value is -2.66. The van der Waals surface area contributed by atoms with Gasteiger partial charge < -0.3 is 25.7 Å². The molecule has 0 aliphatic heterocycles. The molecule has 1 heterocycles. The van der Waals surface area contributed by atoms with E-state index in [1.54, 1.807) is 0 Å². The van der Waals surface area contributed by atoms with Gasteiger partial charge in [0, 0.05) is 18.0 Å². The molecule has 3 rings (SSSR count). The molecule has 0 saturated heterocycles. The van der Waals surface area contributed by atoms with Gasteiger partial charge in [0.05, 0.1) is 0 Å². The third kappa shape index (κ3) is 4.82. The standard InChI is InChI=1S/C20H29N3O8/c24-14(25)10-21-16(26)15-17(27)22(12-4-2-1-3-5-12)20(31)23(18(15)28)13-8-6-11(7-9-13)19(29)30/h11-13,19,27,29-30H,1-10H2,(H,21,26)(H,24,25). The van der Waals surface area contributed by atoms with Gasteiger partial charge in [0.2, 0.25) is 5.88 Å². The van der Waals surface area contributed by atoms with Gasteiger partial charge in [-0.2, -0.15) is 0 Å². The fraction of sp³-hybridized carbons (Fsp3) is 0.700. The molecule has 172 valence electrons. The van der Waals surface area contributed by atoms with Crippen LogP contribution in [0.2, 0.25) is 0 Å². The van der Waals surface area contributed by atoms with E-state index >= 15 is 0 Å². The van der Waals surface area contributed by atoms with Crippen molar-refractivity contribution in [3.05, 3.63) is 26.4 Å². The molecular formula is C20H29N3O8. The summed E-state index contributed by atoms with van der Waals surface area (Å²) in [7, 11) is 0. The van der Waals surface area contributed by atoms with Crippen molar-refractivity contribution in [1.82, 2.24) is 14.5 Å². The molecule has 1 aromatic rings. The molecule has 0 aromatic carbocycles. The number of aromatic nitrogens is 2. The van der Waals surface area contributed by atoms with Crippen LogP contribution < -0.4 is 16.6 Å². The molecule has 0 spiro atoms. The first-order valence-corrected chi connectivity index (χ1v) is 10.7. The van der Waals surface area contributed by atoms with Crippen LogP contribution in [-0.2, 0) is 4.79 Å². The number of aliphatic hydroxyl groups excluding tert-OH is 1. The van der Waals surface area contributed by atoms with Gasteiger partial charge in [-0.1, -0.05) is 19.3 Å². The highest BCUT2D eigenvalue weighted by atomic mass is 16.5. The predicted octanol–water partition coefficient (Wildman–Crippen LogP) is 0.0772. The van der Waals surface area contributed by atoms with Gasteiger partial charge in [-0.3, -0.25) is 23.5 Å². The van der Waals surface area contributed by atoms with Crippen LogP contribution in [0.3, 0.4) is 0 Å². The molecule has 2 aliphatic rings. The average Bonchev–Trinajstić information content (AvgIpc) is 2.73. The summed E-state index contributed by atoms with van der Waals surface area (Å²) in [4.78, 5) is 49.8. The first-order valence-electron chi connectivity index (χ1n) is 10.7. The lowest BCUT2D eigenvalue weighted by Gasteiger charge is -2.32. The maximum atomic E-state index is 13.3. The second-order valence-electron chi connectivity index (χ2n) is 8.38. The minimum Gasteiger partial charge on any atom is -0.494 e. The van der Waals surface area contributed by atoms with Crippen molar-refractivity contribution in [3.8, 4) is 5.88 Å². The summed E-state index contributed by atoms with van der Waals surface area (Å²) in [5.41, 5.74) is -2.31. The van der Waals surface area contributed by atoms with Crippen molar-refractivity contribution >= 4 is 11.9 Å². The molecular weight excluding hydrogens is 410 g/mol. The van der Waals surface area contributed by atoms with Crippen LogP contribution in [-0.4, -0.2) is 54.3 Å². The summed E-state index contributed by atoms with van der Waals surface area (Å²) in [5, 5.41) is 40.5. The highest BCUT2D eigenvalue weighted by Gasteiger charge is 2.33. The SMILES string of the molecule is O=C(O)CNC(=O)c1c(O)n(C2CCCCC2)c(=O)n(C2CCC(C(O)O)CC2)c1=O. The Labute approximate surface area is 177 Å². The van der Waals surface area contributed by atoms with Crippen molar-refractivity contribution in [1.29, 1.82) is 0 Å². The number of aliphatic carboxylic acids is 1. The molecule has 2 fully saturated rings. The van der Waals surface area contributed by atoms with Gasteiger partial charge in [0.25, 0.3) is 11.5 Å². The number of carbonyl (C=O) groups is 2. The predicted molar refractivity (Wildman–Crippen MR) is 108 cm³/mol. The fourth-order valence-electron chi connectivity index (χ4n) is 4.72. The molecule has 0 radical (unpaired) electrons. The van der Waals surface area contributed by atoms with E-state index in [0.717, 1.165) is 28.4 Å². The van der Waals surface area contributed by atoms with Crippen molar-refractivity contribution < 1.29 is 30.0 Å². The van der Waals surface area contributed by atoms with Gasteiger partial charge in [-0.25, -0.2) is 4.79 Å². The van der Waals surface area contributed by atoms with Crippen molar-refractivity contribution in [3.63, 3.8) is 0 Å². The van der Waals surface area contributed by atoms with E-state index in [2.05, 4.69) is 5.32 Å². The van der Waals surface area contributed by atoms with E-state index in [9.17, 15) is 34.5 Å². The number of carboxylic acid groups (broad SMARTS) is 1. The number of carboxylic acids is 1. The van der Waals surface area contributed by atoms with E-state index in [4.69, 9.17) is 5.11 Å². The summed E-state index contributed by atoms with van der Waals surface area (Å²) < 4.78 is 2.08. The van der Waals surface area contributed by atoms with Crippen molar-refractivity contribution in [2.24, 2.45) is 5.92 Å². The number of carbonyl (C=O) groups excluding carboxylic acids is 1. The van der Waals surface area contributed by atoms with E-state index in [0.29, 0.717) is 38.5 Å². The fourth-order valence-corrected chi connectivity index (χ4v) is 4.72. The van der Waals surface area contributed by atoms with Gasteiger partial charge in [-0.15, -0.1) is 0 Å². The zero-order valence-corrected chi connectivity index (χ0v) is 17.2. The molecule has 11 heteroatoms. The summed E-state index contributed by atoms with van der Waals surface area (Å²) in [6.07, 6.45) is 3.88. The summed E-state index contributed by atoms with van der Waals surface area (Å²) in [6.45, 7) is -0.736. The maximum absolute atomic E-state index is 13.3. The van der Waals surface area contributed by atoms with Crippen LogP contribution >= 0.6 is 0 Å². The Kier molecular flexibility index (Phi) is 7.16. The minimum atomic E-state index is -1.48. The Morgan fingerprint density at radius 1 is 0.935 bits per heavy atom. The third-order valence-corrected chi connectivity index (χ3v) is 6.39. The van der Waals surface area contributed by atoms with Crippen molar-refractivity contribution in [2.45, 2.75) is 76.2 Å². The van der Waals surface area contributed by atoms with Crippen LogP contribution in [0.4, 0.5) is 0 Å². The second kappa shape index (κ2) is 9.65. The molecule has 0 unspecified atom stereocenters. The van der Waals surface area contributed by atoms with E-state index < -0.39 is 53.4 Å². The second-order valence-corrected chi connectivity index (χ2v) is 8.38. The first kappa shape index (κ1) is 23.0. The smallest absolute Gasteiger partial charge is 0.334 e. The lowest BCUT2D eigenvalue weighted by Crippen LogP contribution is -2.48. The highest BCUT2D eigenvalue weighted by Crippen LogP contribution is 2.34. The van der Waals surface area contributed by atoms with Crippen LogP contribution in [0.25, 0.3) is 0 Å². The maximum Gasteiger partial charge on any atom is 0.334 e. The molecule has 0 atom stereocenters. The molecule has 2 aliphatic carbocycles. The molecule has 11 nitrogen and oxygen atoms in total. The number of aliphatic hydroxyl groups is 2. The lowest BCUT2D eigenvalue weighted by atomic mass is 9.85. The van der Waals surface area contributed by atoms with Gasteiger partial charge in [-0.05, 0) is 38.5 Å². The number of nitrogens with zero attached hydrogens (tertiary/aromatic N) is 2. The number of hydrogen-bond donors (Lipinski definition) is 5. The molecule has 31 heavy (non-hydrogen) atoms. The Morgan fingerprint density at radius 2 is 1.52 bits per heavy atom. The summed E-state index contributed by atoms with van der Waals surface area (Å²) >= 11 is 0. The monoisotopic (exact) mass is 439 g/mol. The van der Waals surface area contributed by atoms with Crippen molar-refractivity contribution in [2.75, 3.05) is 6.54 Å².